The van der Waals surface area contributed by atoms with Gasteiger partial charge in [-0.3, -0.25) is 4.79 Å². The van der Waals surface area contributed by atoms with Gasteiger partial charge in [-0.15, -0.1) is 0 Å². The molecule has 0 aliphatic carbocycles. The number of imidazole rings is 1. The second kappa shape index (κ2) is 8.02. The third-order valence-corrected chi connectivity index (χ3v) is 5.00. The molecule has 1 atom stereocenters. The first-order valence-corrected chi connectivity index (χ1v) is 8.83. The molecule has 24 heavy (non-hydrogen) atoms. The van der Waals surface area contributed by atoms with Crippen LogP contribution in [-0.2, 0) is 11.3 Å². The van der Waals surface area contributed by atoms with Gasteiger partial charge < -0.3 is 9.88 Å². The molecule has 1 aromatic heterocycles. The van der Waals surface area contributed by atoms with Crippen LogP contribution < -0.4 is 5.32 Å². The van der Waals surface area contributed by atoms with Crippen molar-refractivity contribution in [2.75, 3.05) is 5.75 Å². The Morgan fingerprint density at radius 3 is 2.75 bits per heavy atom. The number of amides is 1. The Morgan fingerprint density at radius 1 is 1.42 bits per heavy atom. The number of rotatable bonds is 7. The molecule has 0 saturated heterocycles. The molecule has 0 unspecified atom stereocenters. The van der Waals surface area contributed by atoms with Crippen LogP contribution in [0.5, 0.6) is 0 Å². The number of benzene rings is 1. The molecule has 2 aromatic rings. The first-order chi connectivity index (χ1) is 11.4. The summed E-state index contributed by atoms with van der Waals surface area (Å²) in [6.45, 7) is 6.30. The molecule has 1 heterocycles. The Morgan fingerprint density at radius 2 is 2.12 bits per heavy atom. The predicted molar refractivity (Wildman–Crippen MR) is 95.5 cm³/mol. The first-order valence-electron chi connectivity index (χ1n) is 7.84. The second-order valence-electron chi connectivity index (χ2n) is 6.13. The number of aromatic nitrogens is 2. The van der Waals surface area contributed by atoms with Crippen molar-refractivity contribution < 1.29 is 4.79 Å². The van der Waals surface area contributed by atoms with Crippen molar-refractivity contribution in [2.24, 2.45) is 5.92 Å². The smallest absolute Gasteiger partial charge is 0.231 e. The van der Waals surface area contributed by atoms with Gasteiger partial charge in [0.2, 0.25) is 5.91 Å². The number of hydrogen-bond donors (Lipinski definition) is 1. The Bertz CT molecular complexity index is 720. The standard InChI is InChI=1S/C18H22N4OS/c1-14(2)18(3,13-19)21-16(23)12-24-17-20-9-10-22(17)11-15-7-5-4-6-8-15/h4-10,14H,11-12H2,1-3H3,(H,21,23)/t18-/m1/s1. The summed E-state index contributed by atoms with van der Waals surface area (Å²) in [5.41, 5.74) is 0.329. The fourth-order valence-electron chi connectivity index (χ4n) is 2.09. The number of thioether (sulfide) groups is 1. The van der Waals surface area contributed by atoms with Crippen molar-refractivity contribution in [3.8, 4) is 6.07 Å². The molecule has 1 aromatic carbocycles. The molecule has 1 N–H and O–H groups in total. The molecule has 0 aliphatic rings. The molecule has 6 heteroatoms. The van der Waals surface area contributed by atoms with Crippen molar-refractivity contribution in [3.05, 3.63) is 48.3 Å². The van der Waals surface area contributed by atoms with Gasteiger partial charge in [0.1, 0.15) is 5.54 Å². The number of nitrogens with one attached hydrogen (secondary N) is 1. The normalized spacial score (nSPS) is 13.3. The summed E-state index contributed by atoms with van der Waals surface area (Å²) in [5, 5.41) is 12.9. The van der Waals surface area contributed by atoms with Crippen LogP contribution >= 0.6 is 11.8 Å². The van der Waals surface area contributed by atoms with E-state index in [1.807, 2.05) is 42.8 Å². The Labute approximate surface area is 147 Å². The van der Waals surface area contributed by atoms with E-state index in [-0.39, 0.29) is 17.6 Å². The molecule has 5 nitrogen and oxygen atoms in total. The molecule has 0 radical (unpaired) electrons. The quantitative estimate of drug-likeness (QED) is 0.785. The third-order valence-electron chi connectivity index (χ3n) is 3.99. The van der Waals surface area contributed by atoms with Gasteiger partial charge in [0, 0.05) is 18.9 Å². The molecule has 126 valence electrons. The van der Waals surface area contributed by atoms with E-state index >= 15 is 0 Å². The highest BCUT2D eigenvalue weighted by Crippen LogP contribution is 2.19. The lowest BCUT2D eigenvalue weighted by molar-refractivity contribution is -0.120. The summed E-state index contributed by atoms with van der Waals surface area (Å²) >= 11 is 1.37. The zero-order valence-corrected chi connectivity index (χ0v) is 15.0. The average molecular weight is 342 g/mol. The van der Waals surface area contributed by atoms with E-state index in [9.17, 15) is 10.1 Å². The van der Waals surface area contributed by atoms with Gasteiger partial charge >= 0.3 is 0 Å². The van der Waals surface area contributed by atoms with Crippen molar-refractivity contribution in [2.45, 2.75) is 38.0 Å². The van der Waals surface area contributed by atoms with E-state index in [1.165, 1.54) is 17.3 Å². The monoisotopic (exact) mass is 342 g/mol. The highest BCUT2D eigenvalue weighted by Gasteiger charge is 2.29. The van der Waals surface area contributed by atoms with Gasteiger partial charge in [0.15, 0.2) is 5.16 Å². The van der Waals surface area contributed by atoms with E-state index in [4.69, 9.17) is 0 Å². The molecular formula is C18H22N4OS. The molecule has 0 saturated carbocycles. The van der Waals surface area contributed by atoms with Crippen molar-refractivity contribution >= 4 is 17.7 Å². The average Bonchev–Trinajstić information content (AvgIpc) is 3.00. The maximum Gasteiger partial charge on any atom is 0.231 e. The number of carbonyl (C=O) groups is 1. The zero-order valence-electron chi connectivity index (χ0n) is 14.2. The minimum Gasteiger partial charge on any atom is -0.337 e. The van der Waals surface area contributed by atoms with Crippen LogP contribution in [0.2, 0.25) is 0 Å². The summed E-state index contributed by atoms with van der Waals surface area (Å²) in [5.74, 6) is 0.110. The van der Waals surface area contributed by atoms with Crippen molar-refractivity contribution in [1.82, 2.24) is 14.9 Å². The van der Waals surface area contributed by atoms with Crippen LogP contribution in [0.25, 0.3) is 0 Å². The van der Waals surface area contributed by atoms with E-state index in [2.05, 4.69) is 28.5 Å². The lowest BCUT2D eigenvalue weighted by Gasteiger charge is -2.27. The van der Waals surface area contributed by atoms with Gasteiger partial charge in [0.05, 0.1) is 11.8 Å². The summed E-state index contributed by atoms with van der Waals surface area (Å²) < 4.78 is 2.01. The number of carbonyl (C=O) groups excluding carboxylic acids is 1. The summed E-state index contributed by atoms with van der Waals surface area (Å²) in [6.07, 6.45) is 3.64. The van der Waals surface area contributed by atoms with E-state index in [1.54, 1.807) is 13.1 Å². The lowest BCUT2D eigenvalue weighted by Crippen LogP contribution is -2.49. The van der Waals surface area contributed by atoms with Crippen LogP contribution in [0, 0.1) is 17.2 Å². The Hall–Kier alpha value is -2.26. The maximum absolute atomic E-state index is 12.2. The number of nitrogens with zero attached hydrogens (tertiary/aromatic N) is 3. The fraction of sp³-hybridized carbons (Fsp3) is 0.389. The Kier molecular flexibility index (Phi) is 6.04. The minimum atomic E-state index is -0.850. The maximum atomic E-state index is 12.2. The second-order valence-corrected chi connectivity index (χ2v) is 7.07. The molecule has 0 fully saturated rings. The predicted octanol–water partition coefficient (Wildman–Crippen LogP) is 3.08. The molecular weight excluding hydrogens is 320 g/mol. The number of nitriles is 1. The first kappa shape index (κ1) is 18.1. The van der Waals surface area contributed by atoms with Gasteiger partial charge in [-0.05, 0) is 18.4 Å². The summed E-state index contributed by atoms with van der Waals surface area (Å²) in [6, 6.07) is 12.3. The Balaban J connectivity index is 1.95. The third kappa shape index (κ3) is 4.62. The van der Waals surface area contributed by atoms with Crippen LogP contribution in [0.3, 0.4) is 0 Å². The van der Waals surface area contributed by atoms with E-state index in [0.29, 0.717) is 6.54 Å². The van der Waals surface area contributed by atoms with Crippen LogP contribution in [0.4, 0.5) is 0 Å². The minimum absolute atomic E-state index is 0.0384. The zero-order chi connectivity index (χ0) is 17.6. The topological polar surface area (TPSA) is 70.7 Å². The van der Waals surface area contributed by atoms with Gasteiger partial charge in [-0.25, -0.2) is 4.98 Å². The summed E-state index contributed by atoms with van der Waals surface area (Å²) in [4.78, 5) is 16.5. The largest absolute Gasteiger partial charge is 0.337 e. The fourth-order valence-corrected chi connectivity index (χ4v) is 2.85. The lowest BCUT2D eigenvalue weighted by atomic mass is 9.90. The van der Waals surface area contributed by atoms with Gasteiger partial charge in [0.25, 0.3) is 0 Å². The van der Waals surface area contributed by atoms with E-state index in [0.717, 1.165) is 5.16 Å². The molecule has 1 amide bonds. The van der Waals surface area contributed by atoms with Gasteiger partial charge in [-0.1, -0.05) is 55.9 Å². The van der Waals surface area contributed by atoms with Crippen molar-refractivity contribution in [1.29, 1.82) is 5.26 Å². The van der Waals surface area contributed by atoms with Crippen LogP contribution in [-0.4, -0.2) is 26.8 Å². The van der Waals surface area contributed by atoms with Crippen molar-refractivity contribution in [3.63, 3.8) is 0 Å². The molecule has 0 spiro atoms. The number of hydrogen-bond acceptors (Lipinski definition) is 4. The van der Waals surface area contributed by atoms with Crippen LogP contribution in [0.1, 0.15) is 26.3 Å². The van der Waals surface area contributed by atoms with Gasteiger partial charge in [-0.2, -0.15) is 5.26 Å². The SMILES string of the molecule is CC(C)[C@@](C)(C#N)NC(=O)CSc1nccn1Cc1ccccc1. The van der Waals surface area contributed by atoms with E-state index < -0.39 is 5.54 Å². The molecule has 0 aliphatic heterocycles. The van der Waals surface area contributed by atoms with Crippen LogP contribution in [0.15, 0.2) is 47.9 Å². The highest BCUT2D eigenvalue weighted by molar-refractivity contribution is 7.99. The molecule has 2 rings (SSSR count). The summed E-state index contributed by atoms with van der Waals surface area (Å²) in [7, 11) is 0. The molecule has 0 bridgehead atoms. The highest BCUT2D eigenvalue weighted by atomic mass is 32.2.